The fourth-order valence-corrected chi connectivity index (χ4v) is 2.30. The second kappa shape index (κ2) is 7.70. The maximum Gasteiger partial charge on any atom is 0.130 e. The predicted octanol–water partition coefficient (Wildman–Crippen LogP) is 3.59. The lowest BCUT2D eigenvalue weighted by atomic mass is 10.0. The number of nitrogens with one attached hydrogen (secondary N) is 1. The number of nitrogens with zero attached hydrogens (tertiary/aromatic N) is 1. The second-order valence-electron chi connectivity index (χ2n) is 6.04. The standard InChI is InChI=1S/C16H26F2N2/c1-11(2)8-14(20(4)5)10-19-12(3)15-7-6-13(17)9-16(15)18/h6-7,9,11-12,14,19H,8,10H2,1-5H3. The van der Waals surface area contributed by atoms with Crippen LogP contribution in [0.2, 0.25) is 0 Å². The minimum Gasteiger partial charge on any atom is -0.309 e. The van der Waals surface area contributed by atoms with E-state index in [-0.39, 0.29) is 6.04 Å². The fraction of sp³-hybridized carbons (Fsp3) is 0.625. The molecule has 114 valence electrons. The van der Waals surface area contributed by atoms with Crippen molar-refractivity contribution in [1.82, 2.24) is 10.2 Å². The van der Waals surface area contributed by atoms with Gasteiger partial charge in [-0.05, 0) is 39.4 Å². The van der Waals surface area contributed by atoms with Gasteiger partial charge >= 0.3 is 0 Å². The zero-order chi connectivity index (χ0) is 15.3. The summed E-state index contributed by atoms with van der Waals surface area (Å²) in [6.45, 7) is 7.07. The number of benzene rings is 1. The van der Waals surface area contributed by atoms with E-state index in [9.17, 15) is 8.78 Å². The van der Waals surface area contributed by atoms with Crippen LogP contribution in [0.3, 0.4) is 0 Å². The van der Waals surface area contributed by atoms with E-state index in [0.717, 1.165) is 19.0 Å². The molecule has 1 N–H and O–H groups in total. The summed E-state index contributed by atoms with van der Waals surface area (Å²) in [5.41, 5.74) is 0.508. The van der Waals surface area contributed by atoms with Crippen LogP contribution in [-0.2, 0) is 0 Å². The summed E-state index contributed by atoms with van der Waals surface area (Å²) in [7, 11) is 4.11. The minimum absolute atomic E-state index is 0.134. The van der Waals surface area contributed by atoms with Crippen LogP contribution in [0, 0.1) is 17.6 Å². The monoisotopic (exact) mass is 284 g/mol. The molecule has 0 saturated carbocycles. The quantitative estimate of drug-likeness (QED) is 0.823. The van der Waals surface area contributed by atoms with Gasteiger partial charge in [-0.2, -0.15) is 0 Å². The van der Waals surface area contributed by atoms with E-state index in [4.69, 9.17) is 0 Å². The molecule has 0 aromatic heterocycles. The van der Waals surface area contributed by atoms with Gasteiger partial charge in [0.05, 0.1) is 0 Å². The van der Waals surface area contributed by atoms with E-state index in [1.807, 2.05) is 6.92 Å². The Kier molecular flexibility index (Phi) is 6.56. The van der Waals surface area contributed by atoms with Crippen molar-refractivity contribution in [3.63, 3.8) is 0 Å². The lowest BCUT2D eigenvalue weighted by Crippen LogP contribution is -2.39. The van der Waals surface area contributed by atoms with Gasteiger partial charge in [-0.25, -0.2) is 8.78 Å². The smallest absolute Gasteiger partial charge is 0.130 e. The lowest BCUT2D eigenvalue weighted by Gasteiger charge is -2.28. The highest BCUT2D eigenvalue weighted by Crippen LogP contribution is 2.18. The number of likely N-dealkylation sites (N-methyl/N-ethyl adjacent to an activating group) is 1. The van der Waals surface area contributed by atoms with Crippen molar-refractivity contribution in [3.8, 4) is 0 Å². The molecule has 1 aromatic carbocycles. The third-order valence-corrected chi connectivity index (χ3v) is 3.56. The van der Waals surface area contributed by atoms with Gasteiger partial charge in [0.1, 0.15) is 11.6 Å². The zero-order valence-corrected chi connectivity index (χ0v) is 13.1. The SMILES string of the molecule is CC(C)CC(CNC(C)c1ccc(F)cc1F)N(C)C. The van der Waals surface area contributed by atoms with Gasteiger partial charge in [0, 0.05) is 30.3 Å². The summed E-state index contributed by atoms with van der Waals surface area (Å²) in [4.78, 5) is 2.18. The van der Waals surface area contributed by atoms with Gasteiger partial charge in [-0.3, -0.25) is 0 Å². The first-order valence-corrected chi connectivity index (χ1v) is 7.16. The summed E-state index contributed by atoms with van der Waals surface area (Å²) in [6, 6.07) is 4.01. The molecule has 0 radical (unpaired) electrons. The van der Waals surface area contributed by atoms with Crippen LogP contribution in [0.5, 0.6) is 0 Å². The maximum atomic E-state index is 13.7. The topological polar surface area (TPSA) is 15.3 Å². The molecule has 0 saturated heterocycles. The highest BCUT2D eigenvalue weighted by molar-refractivity contribution is 5.21. The molecule has 0 aliphatic carbocycles. The second-order valence-corrected chi connectivity index (χ2v) is 6.04. The van der Waals surface area contributed by atoms with Gasteiger partial charge in [0.25, 0.3) is 0 Å². The van der Waals surface area contributed by atoms with Crippen molar-refractivity contribution in [1.29, 1.82) is 0 Å². The number of hydrogen-bond donors (Lipinski definition) is 1. The Bertz CT molecular complexity index is 419. The molecular formula is C16H26F2N2. The van der Waals surface area contributed by atoms with Crippen molar-refractivity contribution in [2.45, 2.75) is 39.3 Å². The van der Waals surface area contributed by atoms with Crippen molar-refractivity contribution in [2.24, 2.45) is 5.92 Å². The molecule has 2 unspecified atom stereocenters. The average molecular weight is 284 g/mol. The molecule has 20 heavy (non-hydrogen) atoms. The highest BCUT2D eigenvalue weighted by Gasteiger charge is 2.16. The van der Waals surface area contributed by atoms with Crippen LogP contribution < -0.4 is 5.32 Å². The third kappa shape index (κ3) is 5.17. The highest BCUT2D eigenvalue weighted by atomic mass is 19.1. The first kappa shape index (κ1) is 17.1. The molecule has 1 rings (SSSR count). The van der Waals surface area contributed by atoms with E-state index in [2.05, 4.69) is 38.2 Å². The van der Waals surface area contributed by atoms with Crippen molar-refractivity contribution >= 4 is 0 Å². The van der Waals surface area contributed by atoms with Gasteiger partial charge < -0.3 is 10.2 Å². The Morgan fingerprint density at radius 2 is 1.80 bits per heavy atom. The molecule has 0 heterocycles. The van der Waals surface area contributed by atoms with E-state index in [0.29, 0.717) is 17.5 Å². The van der Waals surface area contributed by atoms with E-state index >= 15 is 0 Å². The normalized spacial score (nSPS) is 14.8. The molecule has 0 bridgehead atoms. The molecule has 0 fully saturated rings. The summed E-state index contributed by atoms with van der Waals surface area (Å²) in [5, 5.41) is 3.34. The molecular weight excluding hydrogens is 258 g/mol. The number of rotatable bonds is 7. The Balaban J connectivity index is 2.62. The molecule has 0 spiro atoms. The van der Waals surface area contributed by atoms with E-state index in [1.165, 1.54) is 12.1 Å². The number of halogens is 2. The number of hydrogen-bond acceptors (Lipinski definition) is 2. The van der Waals surface area contributed by atoms with Gasteiger partial charge in [-0.1, -0.05) is 19.9 Å². The lowest BCUT2D eigenvalue weighted by molar-refractivity contribution is 0.241. The molecule has 0 aliphatic heterocycles. The first-order valence-electron chi connectivity index (χ1n) is 7.16. The van der Waals surface area contributed by atoms with Gasteiger partial charge in [0.2, 0.25) is 0 Å². The summed E-state index contributed by atoms with van der Waals surface area (Å²) >= 11 is 0. The van der Waals surface area contributed by atoms with Crippen LogP contribution in [-0.4, -0.2) is 31.6 Å². The van der Waals surface area contributed by atoms with Crippen LogP contribution in [0.25, 0.3) is 0 Å². The van der Waals surface area contributed by atoms with Gasteiger partial charge in [-0.15, -0.1) is 0 Å². The van der Waals surface area contributed by atoms with Crippen LogP contribution in [0.15, 0.2) is 18.2 Å². The van der Waals surface area contributed by atoms with E-state index in [1.54, 1.807) is 0 Å². The molecule has 0 aliphatic rings. The molecule has 2 nitrogen and oxygen atoms in total. The largest absolute Gasteiger partial charge is 0.309 e. The molecule has 2 atom stereocenters. The maximum absolute atomic E-state index is 13.7. The molecule has 4 heteroatoms. The van der Waals surface area contributed by atoms with Crippen molar-refractivity contribution < 1.29 is 8.78 Å². The Hall–Kier alpha value is -1.00. The molecule has 1 aromatic rings. The van der Waals surface area contributed by atoms with Crippen LogP contribution in [0.4, 0.5) is 8.78 Å². The Morgan fingerprint density at radius 1 is 1.15 bits per heavy atom. The van der Waals surface area contributed by atoms with E-state index < -0.39 is 11.6 Å². The Labute approximate surface area is 121 Å². The van der Waals surface area contributed by atoms with Crippen LogP contribution >= 0.6 is 0 Å². The van der Waals surface area contributed by atoms with Gasteiger partial charge in [0.15, 0.2) is 0 Å². The molecule has 0 amide bonds. The Morgan fingerprint density at radius 3 is 2.30 bits per heavy atom. The summed E-state index contributed by atoms with van der Waals surface area (Å²) < 4.78 is 26.6. The predicted molar refractivity (Wildman–Crippen MR) is 79.7 cm³/mol. The summed E-state index contributed by atoms with van der Waals surface area (Å²) in [6.07, 6.45) is 1.08. The third-order valence-electron chi connectivity index (χ3n) is 3.56. The zero-order valence-electron chi connectivity index (χ0n) is 13.1. The first-order chi connectivity index (χ1) is 9.31. The summed E-state index contributed by atoms with van der Waals surface area (Å²) in [5.74, 6) is -0.415. The van der Waals surface area contributed by atoms with Crippen LogP contribution in [0.1, 0.15) is 38.8 Å². The fourth-order valence-electron chi connectivity index (χ4n) is 2.30. The minimum atomic E-state index is -0.538. The van der Waals surface area contributed by atoms with Crippen molar-refractivity contribution in [2.75, 3.05) is 20.6 Å². The van der Waals surface area contributed by atoms with Crippen molar-refractivity contribution in [3.05, 3.63) is 35.4 Å². The average Bonchev–Trinajstić information content (AvgIpc) is 2.33.